The molecule has 0 radical (unpaired) electrons. The highest BCUT2D eigenvalue weighted by Gasteiger charge is 2.00. The molecule has 2 nitrogen and oxygen atoms in total. The number of hydrogen-bond donors (Lipinski definition) is 1. The molecule has 0 aromatic heterocycles. The molecule has 0 fully saturated rings. The van der Waals surface area contributed by atoms with Gasteiger partial charge in [-0.2, -0.15) is 0 Å². The number of halogens is 1. The quantitative estimate of drug-likeness (QED) is 0.842. The predicted molar refractivity (Wildman–Crippen MR) is 76.1 cm³/mol. The second-order valence-corrected chi connectivity index (χ2v) is 4.69. The molecule has 2 aromatic carbocycles. The summed E-state index contributed by atoms with van der Waals surface area (Å²) in [5.74, 6) is -0.0927. The van der Waals surface area contributed by atoms with E-state index in [1.54, 1.807) is 0 Å². The Kier molecular flexibility index (Phi) is 4.21. The van der Waals surface area contributed by atoms with Gasteiger partial charge >= 0.3 is 0 Å². The van der Waals surface area contributed by atoms with Crippen molar-refractivity contribution < 1.29 is 4.79 Å². The summed E-state index contributed by atoms with van der Waals surface area (Å²) in [5.41, 5.74) is 2.49. The van der Waals surface area contributed by atoms with E-state index in [9.17, 15) is 4.79 Å². The highest BCUT2D eigenvalue weighted by molar-refractivity contribution is 6.27. The fraction of sp³-hybridized carbons (Fsp3) is 0.267. The highest BCUT2D eigenvalue weighted by atomic mass is 35.5. The fourth-order valence-corrected chi connectivity index (χ4v) is 2.06. The molecule has 0 atom stereocenters. The molecule has 1 amide bonds. The summed E-state index contributed by atoms with van der Waals surface area (Å²) in [5, 5.41) is 5.26. The van der Waals surface area contributed by atoms with Crippen LogP contribution in [0.5, 0.6) is 0 Å². The van der Waals surface area contributed by atoms with Crippen LogP contribution in [0.2, 0.25) is 0 Å². The zero-order chi connectivity index (χ0) is 13.0. The second kappa shape index (κ2) is 5.87. The third kappa shape index (κ3) is 3.23. The standard InChI is InChI=1S/C15H16ClNO/c1-11-2-4-14-9-12(3-5-13(14)8-11)6-7-17-15(18)10-16/h2-5,8-9H,6-7,10H2,1H3,(H,17,18). The lowest BCUT2D eigenvalue weighted by Crippen LogP contribution is -2.26. The van der Waals surface area contributed by atoms with Crippen LogP contribution in [-0.2, 0) is 11.2 Å². The van der Waals surface area contributed by atoms with Crippen LogP contribution in [0, 0.1) is 6.92 Å². The third-order valence-corrected chi connectivity index (χ3v) is 3.16. The van der Waals surface area contributed by atoms with Crippen LogP contribution in [0.4, 0.5) is 0 Å². The molecule has 3 heteroatoms. The summed E-state index contributed by atoms with van der Waals surface area (Å²) in [7, 11) is 0. The number of rotatable bonds is 4. The lowest BCUT2D eigenvalue weighted by atomic mass is 10.0. The Morgan fingerprint density at radius 1 is 1.17 bits per heavy atom. The van der Waals surface area contributed by atoms with Crippen LogP contribution >= 0.6 is 11.6 Å². The van der Waals surface area contributed by atoms with Crippen molar-refractivity contribution in [2.75, 3.05) is 12.4 Å². The Hall–Kier alpha value is -1.54. The lowest BCUT2D eigenvalue weighted by Gasteiger charge is -2.05. The smallest absolute Gasteiger partial charge is 0.234 e. The minimum atomic E-state index is -0.118. The molecule has 0 bridgehead atoms. The van der Waals surface area contributed by atoms with E-state index in [1.807, 2.05) is 0 Å². The largest absolute Gasteiger partial charge is 0.355 e. The maximum atomic E-state index is 11.0. The van der Waals surface area contributed by atoms with Crippen LogP contribution in [0.1, 0.15) is 11.1 Å². The number of fused-ring (bicyclic) bond motifs is 1. The van der Waals surface area contributed by atoms with E-state index < -0.39 is 0 Å². The molecule has 94 valence electrons. The fourth-order valence-electron chi connectivity index (χ4n) is 1.96. The number of alkyl halides is 1. The average Bonchev–Trinajstić information content (AvgIpc) is 2.38. The van der Waals surface area contributed by atoms with Crippen molar-refractivity contribution in [2.24, 2.45) is 0 Å². The maximum absolute atomic E-state index is 11.0. The van der Waals surface area contributed by atoms with Crippen LogP contribution in [0.3, 0.4) is 0 Å². The second-order valence-electron chi connectivity index (χ2n) is 4.42. The topological polar surface area (TPSA) is 29.1 Å². The molecule has 0 aliphatic rings. The molecule has 2 aromatic rings. The van der Waals surface area contributed by atoms with Crippen molar-refractivity contribution in [2.45, 2.75) is 13.3 Å². The molecular formula is C15H16ClNO. The van der Waals surface area contributed by atoms with Crippen molar-refractivity contribution in [3.63, 3.8) is 0 Å². The summed E-state index contributed by atoms with van der Waals surface area (Å²) in [4.78, 5) is 11.0. The van der Waals surface area contributed by atoms with Crippen LogP contribution in [-0.4, -0.2) is 18.3 Å². The van der Waals surface area contributed by atoms with Gasteiger partial charge in [0, 0.05) is 6.54 Å². The van der Waals surface area contributed by atoms with E-state index in [2.05, 4.69) is 48.6 Å². The van der Waals surface area contributed by atoms with E-state index in [4.69, 9.17) is 11.6 Å². The monoisotopic (exact) mass is 261 g/mol. The Morgan fingerprint density at radius 2 is 1.89 bits per heavy atom. The van der Waals surface area contributed by atoms with Gasteiger partial charge in [-0.1, -0.05) is 42.0 Å². The number of carbonyl (C=O) groups excluding carboxylic acids is 1. The Bertz CT molecular complexity index is 565. The van der Waals surface area contributed by atoms with Crippen molar-refractivity contribution in [3.8, 4) is 0 Å². The van der Waals surface area contributed by atoms with Gasteiger partial charge in [0.15, 0.2) is 0 Å². The third-order valence-electron chi connectivity index (χ3n) is 2.92. The number of carbonyl (C=O) groups is 1. The minimum absolute atomic E-state index is 0.0248. The predicted octanol–water partition coefficient (Wildman–Crippen LogP) is 3.05. The van der Waals surface area contributed by atoms with Crippen LogP contribution < -0.4 is 5.32 Å². The lowest BCUT2D eigenvalue weighted by molar-refractivity contribution is -0.118. The SMILES string of the molecule is Cc1ccc2cc(CCNC(=O)CCl)ccc2c1. The Morgan fingerprint density at radius 3 is 2.67 bits per heavy atom. The zero-order valence-electron chi connectivity index (χ0n) is 10.4. The van der Waals surface area contributed by atoms with Crippen molar-refractivity contribution in [1.82, 2.24) is 5.32 Å². The van der Waals surface area contributed by atoms with Crippen molar-refractivity contribution >= 4 is 28.3 Å². The van der Waals surface area contributed by atoms with E-state index in [-0.39, 0.29) is 11.8 Å². The van der Waals surface area contributed by atoms with Crippen LogP contribution in [0.25, 0.3) is 10.8 Å². The summed E-state index contributed by atoms with van der Waals surface area (Å²) in [6.45, 7) is 2.72. The van der Waals surface area contributed by atoms with E-state index in [1.165, 1.54) is 21.9 Å². The zero-order valence-corrected chi connectivity index (χ0v) is 11.1. The van der Waals surface area contributed by atoms with Gasteiger partial charge in [-0.3, -0.25) is 4.79 Å². The van der Waals surface area contributed by atoms with Gasteiger partial charge in [0.05, 0.1) is 0 Å². The van der Waals surface area contributed by atoms with Crippen LogP contribution in [0.15, 0.2) is 36.4 Å². The van der Waals surface area contributed by atoms with Gasteiger partial charge in [0.1, 0.15) is 5.88 Å². The number of hydrogen-bond acceptors (Lipinski definition) is 1. The molecule has 0 saturated heterocycles. The van der Waals surface area contributed by atoms with E-state index >= 15 is 0 Å². The van der Waals surface area contributed by atoms with Gasteiger partial charge in [-0.15, -0.1) is 11.6 Å². The summed E-state index contributed by atoms with van der Waals surface area (Å²) in [6, 6.07) is 12.8. The van der Waals surface area contributed by atoms with Crippen molar-refractivity contribution in [1.29, 1.82) is 0 Å². The average molecular weight is 262 g/mol. The number of amides is 1. The highest BCUT2D eigenvalue weighted by Crippen LogP contribution is 2.17. The maximum Gasteiger partial charge on any atom is 0.234 e. The Labute approximate surface area is 112 Å². The summed E-state index contributed by atoms with van der Waals surface area (Å²) >= 11 is 5.41. The summed E-state index contributed by atoms with van der Waals surface area (Å²) in [6.07, 6.45) is 0.826. The van der Waals surface area contributed by atoms with Gasteiger partial charge in [0.2, 0.25) is 5.91 Å². The van der Waals surface area contributed by atoms with Gasteiger partial charge < -0.3 is 5.32 Å². The van der Waals surface area contributed by atoms with Gasteiger partial charge in [-0.05, 0) is 29.7 Å². The molecule has 0 spiro atoms. The molecule has 1 N–H and O–H groups in total. The van der Waals surface area contributed by atoms with E-state index in [0.29, 0.717) is 6.54 Å². The molecule has 0 heterocycles. The molecule has 0 aliphatic carbocycles. The first-order valence-electron chi connectivity index (χ1n) is 6.01. The van der Waals surface area contributed by atoms with Crippen molar-refractivity contribution in [3.05, 3.63) is 47.5 Å². The summed E-state index contributed by atoms with van der Waals surface area (Å²) < 4.78 is 0. The first-order chi connectivity index (χ1) is 8.69. The molecular weight excluding hydrogens is 246 g/mol. The molecule has 2 rings (SSSR count). The molecule has 18 heavy (non-hydrogen) atoms. The van der Waals surface area contributed by atoms with E-state index in [0.717, 1.165) is 6.42 Å². The number of benzene rings is 2. The number of aryl methyl sites for hydroxylation is 1. The van der Waals surface area contributed by atoms with Gasteiger partial charge in [-0.25, -0.2) is 0 Å². The first-order valence-corrected chi connectivity index (χ1v) is 6.54. The first kappa shape index (κ1) is 12.9. The minimum Gasteiger partial charge on any atom is -0.355 e. The normalized spacial score (nSPS) is 10.6. The Balaban J connectivity index is 2.06. The number of nitrogens with one attached hydrogen (secondary N) is 1. The molecule has 0 aliphatic heterocycles. The van der Waals surface area contributed by atoms with Gasteiger partial charge in [0.25, 0.3) is 0 Å². The molecule has 0 saturated carbocycles. The molecule has 0 unspecified atom stereocenters.